The molecule has 1 heterocycles. The van der Waals surface area contributed by atoms with Gasteiger partial charge in [-0.25, -0.2) is 0 Å². The van der Waals surface area contributed by atoms with Crippen molar-refractivity contribution >= 4 is 35.1 Å². The molecule has 1 saturated heterocycles. The fourth-order valence-electron chi connectivity index (χ4n) is 2.78. The highest BCUT2D eigenvalue weighted by Gasteiger charge is 2.29. The molecule has 1 aliphatic rings. The maximum Gasteiger partial charge on any atom is 0.320 e. The van der Waals surface area contributed by atoms with Crippen LogP contribution in [0.5, 0.6) is 0 Å². The van der Waals surface area contributed by atoms with E-state index in [0.29, 0.717) is 36.0 Å². The Kier molecular flexibility index (Phi) is 6.69. The Bertz CT molecular complexity index is 580. The van der Waals surface area contributed by atoms with Gasteiger partial charge in [-0.3, -0.25) is 14.5 Å². The Balaban J connectivity index is 1.80. The molecule has 2 rings (SSSR count). The Morgan fingerprint density at radius 3 is 2.83 bits per heavy atom. The van der Waals surface area contributed by atoms with Gasteiger partial charge in [-0.1, -0.05) is 41.8 Å². The highest BCUT2D eigenvalue weighted by molar-refractivity contribution is 6.42. The fourth-order valence-corrected chi connectivity index (χ4v) is 3.19. The molecule has 2 N–H and O–H groups in total. The monoisotopic (exact) mass is 358 g/mol. The molecule has 1 atom stereocenters. The summed E-state index contributed by atoms with van der Waals surface area (Å²) in [5, 5.41) is 13.0. The summed E-state index contributed by atoms with van der Waals surface area (Å²) < 4.78 is 0. The SMILES string of the molecule is O=C(CN1CCCCC1C(=O)O)NCCc1cccc(Cl)c1Cl. The zero-order valence-electron chi connectivity index (χ0n) is 12.7. The number of hydrogen-bond donors (Lipinski definition) is 2. The first-order chi connectivity index (χ1) is 11.0. The second-order valence-corrected chi connectivity index (χ2v) is 6.42. The van der Waals surface area contributed by atoms with E-state index in [-0.39, 0.29) is 12.5 Å². The molecule has 1 amide bonds. The van der Waals surface area contributed by atoms with Crippen molar-refractivity contribution < 1.29 is 14.7 Å². The maximum atomic E-state index is 12.0. The van der Waals surface area contributed by atoms with Crippen molar-refractivity contribution in [2.45, 2.75) is 31.7 Å². The van der Waals surface area contributed by atoms with Crippen molar-refractivity contribution in [3.8, 4) is 0 Å². The molecule has 7 heteroatoms. The number of carbonyl (C=O) groups is 2. The Labute approximate surface area is 145 Å². The van der Waals surface area contributed by atoms with Gasteiger partial charge in [0.15, 0.2) is 0 Å². The zero-order chi connectivity index (χ0) is 16.8. The molecule has 1 aliphatic heterocycles. The molecule has 1 unspecified atom stereocenters. The molecule has 126 valence electrons. The third-order valence-electron chi connectivity index (χ3n) is 3.99. The molecular weight excluding hydrogens is 339 g/mol. The highest BCUT2D eigenvalue weighted by atomic mass is 35.5. The number of carboxylic acids is 1. The van der Waals surface area contributed by atoms with Crippen LogP contribution in [0.15, 0.2) is 18.2 Å². The van der Waals surface area contributed by atoms with Crippen LogP contribution in [-0.4, -0.2) is 47.6 Å². The topological polar surface area (TPSA) is 69.6 Å². The van der Waals surface area contributed by atoms with E-state index in [4.69, 9.17) is 23.2 Å². The molecule has 1 aromatic carbocycles. The Morgan fingerprint density at radius 2 is 2.09 bits per heavy atom. The molecule has 1 aromatic rings. The molecule has 0 saturated carbocycles. The first-order valence-corrected chi connectivity index (χ1v) is 8.41. The Hall–Kier alpha value is -1.30. The van der Waals surface area contributed by atoms with Crippen molar-refractivity contribution in [1.29, 1.82) is 0 Å². The highest BCUT2D eigenvalue weighted by Crippen LogP contribution is 2.25. The van der Waals surface area contributed by atoms with Gasteiger partial charge in [-0.15, -0.1) is 0 Å². The number of amides is 1. The lowest BCUT2D eigenvalue weighted by molar-refractivity contribution is -0.145. The zero-order valence-corrected chi connectivity index (χ0v) is 14.2. The van der Waals surface area contributed by atoms with E-state index in [1.807, 2.05) is 12.1 Å². The standard InChI is InChI=1S/C16H20Cl2N2O3/c17-12-5-3-4-11(15(12)18)7-8-19-14(21)10-20-9-2-1-6-13(20)16(22)23/h3-5,13H,1-2,6-10H2,(H,19,21)(H,22,23). The van der Waals surface area contributed by atoms with Crippen LogP contribution < -0.4 is 5.32 Å². The summed E-state index contributed by atoms with van der Waals surface area (Å²) >= 11 is 12.0. The number of carboxylic acid groups (broad SMARTS) is 1. The van der Waals surface area contributed by atoms with Crippen molar-refractivity contribution in [1.82, 2.24) is 10.2 Å². The van der Waals surface area contributed by atoms with Crippen LogP contribution in [-0.2, 0) is 16.0 Å². The Morgan fingerprint density at radius 1 is 1.30 bits per heavy atom. The molecule has 1 fully saturated rings. The van der Waals surface area contributed by atoms with Crippen molar-refractivity contribution in [2.24, 2.45) is 0 Å². The number of hydrogen-bond acceptors (Lipinski definition) is 3. The van der Waals surface area contributed by atoms with Crippen LogP contribution in [0.1, 0.15) is 24.8 Å². The second-order valence-electron chi connectivity index (χ2n) is 5.63. The lowest BCUT2D eigenvalue weighted by atomic mass is 10.0. The molecule has 5 nitrogen and oxygen atoms in total. The number of likely N-dealkylation sites (tertiary alicyclic amines) is 1. The van der Waals surface area contributed by atoms with Gasteiger partial charge in [0, 0.05) is 6.54 Å². The number of rotatable bonds is 6. The van der Waals surface area contributed by atoms with E-state index in [0.717, 1.165) is 18.4 Å². The number of piperidine rings is 1. The normalized spacial score (nSPS) is 18.6. The number of carbonyl (C=O) groups excluding carboxylic acids is 1. The summed E-state index contributed by atoms with van der Waals surface area (Å²) in [5.41, 5.74) is 0.876. The minimum atomic E-state index is -0.858. The molecule has 0 spiro atoms. The quantitative estimate of drug-likeness (QED) is 0.819. The largest absolute Gasteiger partial charge is 0.480 e. The average Bonchev–Trinajstić information content (AvgIpc) is 2.52. The van der Waals surface area contributed by atoms with Crippen LogP contribution in [0.25, 0.3) is 0 Å². The van der Waals surface area contributed by atoms with Gasteiger partial charge >= 0.3 is 5.97 Å². The van der Waals surface area contributed by atoms with Crippen molar-refractivity contribution in [2.75, 3.05) is 19.6 Å². The van der Waals surface area contributed by atoms with Crippen LogP contribution in [0, 0.1) is 0 Å². The van der Waals surface area contributed by atoms with Gasteiger partial charge in [0.1, 0.15) is 6.04 Å². The van der Waals surface area contributed by atoms with E-state index >= 15 is 0 Å². The third-order valence-corrected chi connectivity index (χ3v) is 4.85. The number of aliphatic carboxylic acids is 1. The summed E-state index contributed by atoms with van der Waals surface area (Å²) in [7, 11) is 0. The summed E-state index contributed by atoms with van der Waals surface area (Å²) in [6, 6.07) is 4.84. The predicted molar refractivity (Wildman–Crippen MR) is 90.0 cm³/mol. The van der Waals surface area contributed by atoms with Gasteiger partial charge in [0.25, 0.3) is 0 Å². The van der Waals surface area contributed by atoms with Crippen LogP contribution in [0.4, 0.5) is 0 Å². The predicted octanol–water partition coefficient (Wildman–Crippen LogP) is 2.59. The van der Waals surface area contributed by atoms with E-state index in [9.17, 15) is 14.7 Å². The molecule has 0 aliphatic carbocycles. The summed E-state index contributed by atoms with van der Waals surface area (Å²) in [5.74, 6) is -1.03. The lowest BCUT2D eigenvalue weighted by Crippen LogP contribution is -2.49. The van der Waals surface area contributed by atoms with E-state index < -0.39 is 12.0 Å². The average molecular weight is 359 g/mol. The minimum absolute atomic E-state index is 0.111. The molecule has 0 radical (unpaired) electrons. The van der Waals surface area contributed by atoms with Gasteiger partial charge in [0.2, 0.25) is 5.91 Å². The molecule has 23 heavy (non-hydrogen) atoms. The smallest absolute Gasteiger partial charge is 0.320 e. The van der Waals surface area contributed by atoms with E-state index in [1.165, 1.54) is 0 Å². The van der Waals surface area contributed by atoms with E-state index in [2.05, 4.69) is 5.32 Å². The lowest BCUT2D eigenvalue weighted by Gasteiger charge is -2.32. The first kappa shape index (κ1) is 18.0. The van der Waals surface area contributed by atoms with Gasteiger partial charge in [-0.05, 0) is 37.4 Å². The summed E-state index contributed by atoms with van der Waals surface area (Å²) in [6.07, 6.45) is 2.99. The van der Waals surface area contributed by atoms with Gasteiger partial charge < -0.3 is 10.4 Å². The summed E-state index contributed by atoms with van der Waals surface area (Å²) in [4.78, 5) is 25.0. The van der Waals surface area contributed by atoms with E-state index in [1.54, 1.807) is 11.0 Å². The van der Waals surface area contributed by atoms with Crippen LogP contribution in [0.3, 0.4) is 0 Å². The van der Waals surface area contributed by atoms with Crippen LogP contribution >= 0.6 is 23.2 Å². The van der Waals surface area contributed by atoms with Crippen LogP contribution in [0.2, 0.25) is 10.0 Å². The fraction of sp³-hybridized carbons (Fsp3) is 0.500. The number of benzene rings is 1. The van der Waals surface area contributed by atoms with Crippen molar-refractivity contribution in [3.63, 3.8) is 0 Å². The van der Waals surface area contributed by atoms with Crippen molar-refractivity contribution in [3.05, 3.63) is 33.8 Å². The number of nitrogens with one attached hydrogen (secondary N) is 1. The molecule has 0 bridgehead atoms. The molecular formula is C16H20Cl2N2O3. The summed E-state index contributed by atoms with van der Waals surface area (Å²) in [6.45, 7) is 1.19. The third kappa shape index (κ3) is 5.09. The number of halogens is 2. The second kappa shape index (κ2) is 8.52. The first-order valence-electron chi connectivity index (χ1n) is 7.65. The molecule has 0 aromatic heterocycles. The minimum Gasteiger partial charge on any atom is -0.480 e. The van der Waals surface area contributed by atoms with Gasteiger partial charge in [-0.2, -0.15) is 0 Å². The maximum absolute atomic E-state index is 12.0. The van der Waals surface area contributed by atoms with Gasteiger partial charge in [0.05, 0.1) is 16.6 Å². The number of nitrogens with zero attached hydrogens (tertiary/aromatic N) is 1.